The van der Waals surface area contributed by atoms with Gasteiger partial charge in [-0.05, 0) is 55.0 Å². The zero-order valence-electron chi connectivity index (χ0n) is 18.5. The summed E-state index contributed by atoms with van der Waals surface area (Å²) >= 11 is 7.31. The summed E-state index contributed by atoms with van der Waals surface area (Å²) in [5.74, 6) is -0.0887. The quantitative estimate of drug-likeness (QED) is 0.274. The third-order valence-electron chi connectivity index (χ3n) is 5.03. The number of nitrogens with one attached hydrogen (secondary N) is 1. The molecule has 0 aliphatic heterocycles. The number of carbonyl (C=O) groups excluding carboxylic acids is 2. The van der Waals surface area contributed by atoms with Crippen molar-refractivity contribution in [2.45, 2.75) is 12.1 Å². The van der Waals surface area contributed by atoms with Gasteiger partial charge >= 0.3 is 5.97 Å². The highest BCUT2D eigenvalue weighted by molar-refractivity contribution is 7.99. The number of thioether (sulfide) groups is 1. The van der Waals surface area contributed by atoms with Gasteiger partial charge in [-0.2, -0.15) is 0 Å². The Morgan fingerprint density at radius 3 is 2.44 bits per heavy atom. The van der Waals surface area contributed by atoms with Crippen LogP contribution < -0.4 is 5.32 Å². The van der Waals surface area contributed by atoms with Crippen LogP contribution in [0.15, 0.2) is 78.0 Å². The summed E-state index contributed by atoms with van der Waals surface area (Å²) in [7, 11) is 1.30. The second kappa shape index (κ2) is 10.5. The molecule has 0 atom stereocenters. The van der Waals surface area contributed by atoms with Crippen molar-refractivity contribution in [2.75, 3.05) is 18.2 Å². The molecule has 34 heavy (non-hydrogen) atoms. The van der Waals surface area contributed by atoms with Crippen LogP contribution >= 0.6 is 23.4 Å². The Hall–Kier alpha value is -3.62. The fourth-order valence-corrected chi connectivity index (χ4v) is 4.25. The molecule has 0 spiro atoms. The first-order valence-electron chi connectivity index (χ1n) is 10.4. The standard InChI is InChI=1S/C25H21ClN4O3S/c1-16-7-3-6-10-21(16)30-23(17-11-13-18(26)14-12-17)28-29-25(30)34-15-22(31)27-20-9-5-4-8-19(20)24(32)33-2/h3-14H,15H2,1-2H3,(H,27,31). The molecule has 1 N–H and O–H groups in total. The summed E-state index contributed by atoms with van der Waals surface area (Å²) in [6, 6.07) is 22.0. The summed E-state index contributed by atoms with van der Waals surface area (Å²) in [4.78, 5) is 24.7. The number of hydrogen-bond donors (Lipinski definition) is 1. The highest BCUT2D eigenvalue weighted by Crippen LogP contribution is 2.30. The van der Waals surface area contributed by atoms with Crippen molar-refractivity contribution in [1.29, 1.82) is 0 Å². The second-order valence-corrected chi connectivity index (χ2v) is 8.69. The number of aryl methyl sites for hydroxylation is 1. The third kappa shape index (κ3) is 5.13. The number of para-hydroxylation sites is 2. The first-order chi connectivity index (χ1) is 16.5. The molecule has 172 valence electrons. The van der Waals surface area contributed by atoms with Gasteiger partial charge < -0.3 is 10.1 Å². The minimum Gasteiger partial charge on any atom is -0.465 e. The largest absolute Gasteiger partial charge is 0.465 e. The molecule has 9 heteroatoms. The molecular weight excluding hydrogens is 472 g/mol. The van der Waals surface area contributed by atoms with Gasteiger partial charge in [0.1, 0.15) is 0 Å². The van der Waals surface area contributed by atoms with Crippen LogP contribution in [0.1, 0.15) is 15.9 Å². The number of aromatic nitrogens is 3. The van der Waals surface area contributed by atoms with E-state index in [9.17, 15) is 9.59 Å². The van der Waals surface area contributed by atoms with E-state index in [4.69, 9.17) is 16.3 Å². The van der Waals surface area contributed by atoms with Gasteiger partial charge in [0.05, 0.1) is 29.8 Å². The van der Waals surface area contributed by atoms with Crippen molar-refractivity contribution >= 4 is 40.9 Å². The lowest BCUT2D eigenvalue weighted by atomic mass is 10.1. The van der Waals surface area contributed by atoms with E-state index in [1.54, 1.807) is 36.4 Å². The molecule has 4 rings (SSSR count). The summed E-state index contributed by atoms with van der Waals surface area (Å²) < 4.78 is 6.72. The van der Waals surface area contributed by atoms with Crippen LogP contribution in [-0.4, -0.2) is 39.5 Å². The van der Waals surface area contributed by atoms with Gasteiger partial charge in [0.25, 0.3) is 0 Å². The van der Waals surface area contributed by atoms with Gasteiger partial charge in [-0.3, -0.25) is 9.36 Å². The fourth-order valence-electron chi connectivity index (χ4n) is 3.38. The lowest BCUT2D eigenvalue weighted by Gasteiger charge is -2.13. The van der Waals surface area contributed by atoms with Crippen LogP contribution in [0.5, 0.6) is 0 Å². The normalized spacial score (nSPS) is 10.7. The molecule has 3 aromatic carbocycles. The van der Waals surface area contributed by atoms with E-state index >= 15 is 0 Å². The molecule has 0 saturated carbocycles. The highest BCUT2D eigenvalue weighted by atomic mass is 35.5. The average Bonchev–Trinajstić information content (AvgIpc) is 3.27. The summed E-state index contributed by atoms with van der Waals surface area (Å²) in [5.41, 5.74) is 3.48. The van der Waals surface area contributed by atoms with E-state index in [-0.39, 0.29) is 17.2 Å². The van der Waals surface area contributed by atoms with Crippen LogP contribution in [0.25, 0.3) is 17.1 Å². The van der Waals surface area contributed by atoms with E-state index < -0.39 is 5.97 Å². The van der Waals surface area contributed by atoms with Gasteiger partial charge in [0.2, 0.25) is 5.91 Å². The van der Waals surface area contributed by atoms with Crippen molar-refractivity contribution in [3.8, 4) is 17.1 Å². The Labute approximate surface area is 206 Å². The van der Waals surface area contributed by atoms with Crippen molar-refractivity contribution in [3.05, 3.63) is 88.9 Å². The van der Waals surface area contributed by atoms with E-state index in [1.807, 2.05) is 47.9 Å². The SMILES string of the molecule is COC(=O)c1ccccc1NC(=O)CSc1nnc(-c2ccc(Cl)cc2)n1-c1ccccc1C. The molecule has 0 bridgehead atoms. The van der Waals surface area contributed by atoms with E-state index in [0.29, 0.717) is 21.7 Å². The highest BCUT2D eigenvalue weighted by Gasteiger charge is 2.19. The summed E-state index contributed by atoms with van der Waals surface area (Å²) in [5, 5.41) is 12.7. The third-order valence-corrected chi connectivity index (χ3v) is 6.21. The zero-order chi connectivity index (χ0) is 24.1. The number of amides is 1. The van der Waals surface area contributed by atoms with Crippen molar-refractivity contribution in [1.82, 2.24) is 14.8 Å². The van der Waals surface area contributed by atoms with Gasteiger partial charge in [0.15, 0.2) is 11.0 Å². The molecule has 7 nitrogen and oxygen atoms in total. The number of ether oxygens (including phenoxy) is 1. The Morgan fingerprint density at radius 2 is 1.71 bits per heavy atom. The number of halogens is 1. The maximum atomic E-state index is 12.7. The number of rotatable bonds is 7. The predicted octanol–water partition coefficient (Wildman–Crippen LogP) is 5.41. The molecular formula is C25H21ClN4O3S. The van der Waals surface area contributed by atoms with Crippen molar-refractivity contribution in [2.24, 2.45) is 0 Å². The minimum absolute atomic E-state index is 0.0696. The number of carbonyl (C=O) groups is 2. The molecule has 0 aliphatic carbocycles. The molecule has 0 fully saturated rings. The Bertz CT molecular complexity index is 1340. The average molecular weight is 493 g/mol. The Kier molecular flexibility index (Phi) is 7.30. The second-order valence-electron chi connectivity index (χ2n) is 7.31. The monoisotopic (exact) mass is 492 g/mol. The molecule has 0 aliphatic rings. The number of benzene rings is 3. The Morgan fingerprint density at radius 1 is 1.00 bits per heavy atom. The molecule has 0 saturated heterocycles. The van der Waals surface area contributed by atoms with E-state index in [1.165, 1.54) is 18.9 Å². The van der Waals surface area contributed by atoms with Crippen LogP contribution in [-0.2, 0) is 9.53 Å². The van der Waals surface area contributed by atoms with Crippen LogP contribution in [0, 0.1) is 6.92 Å². The number of esters is 1. The van der Waals surface area contributed by atoms with E-state index in [2.05, 4.69) is 15.5 Å². The topological polar surface area (TPSA) is 86.1 Å². The maximum absolute atomic E-state index is 12.7. The number of nitrogens with zero attached hydrogens (tertiary/aromatic N) is 3. The van der Waals surface area contributed by atoms with Crippen LogP contribution in [0.3, 0.4) is 0 Å². The number of hydrogen-bond acceptors (Lipinski definition) is 6. The molecule has 1 aromatic heterocycles. The summed E-state index contributed by atoms with van der Waals surface area (Å²) in [6.07, 6.45) is 0. The van der Waals surface area contributed by atoms with Gasteiger partial charge in [-0.1, -0.05) is 53.7 Å². The summed E-state index contributed by atoms with van der Waals surface area (Å²) in [6.45, 7) is 2.01. The first-order valence-corrected chi connectivity index (χ1v) is 11.7. The smallest absolute Gasteiger partial charge is 0.339 e. The zero-order valence-corrected chi connectivity index (χ0v) is 20.1. The first kappa shape index (κ1) is 23.5. The molecule has 1 heterocycles. The van der Waals surface area contributed by atoms with Gasteiger partial charge in [-0.15, -0.1) is 10.2 Å². The van der Waals surface area contributed by atoms with Crippen molar-refractivity contribution < 1.29 is 14.3 Å². The van der Waals surface area contributed by atoms with Crippen LogP contribution in [0.2, 0.25) is 5.02 Å². The molecule has 1 amide bonds. The van der Waals surface area contributed by atoms with Crippen LogP contribution in [0.4, 0.5) is 5.69 Å². The van der Waals surface area contributed by atoms with Crippen molar-refractivity contribution in [3.63, 3.8) is 0 Å². The minimum atomic E-state index is -0.518. The number of methoxy groups -OCH3 is 1. The van der Waals surface area contributed by atoms with Gasteiger partial charge in [0, 0.05) is 10.6 Å². The molecule has 0 radical (unpaired) electrons. The van der Waals surface area contributed by atoms with Gasteiger partial charge in [-0.25, -0.2) is 4.79 Å². The maximum Gasteiger partial charge on any atom is 0.339 e. The molecule has 0 unspecified atom stereocenters. The number of anilines is 1. The lowest BCUT2D eigenvalue weighted by Crippen LogP contribution is -2.17. The Balaban J connectivity index is 1.61. The lowest BCUT2D eigenvalue weighted by molar-refractivity contribution is -0.113. The van der Waals surface area contributed by atoms with E-state index in [0.717, 1.165) is 16.8 Å². The fraction of sp³-hybridized carbons (Fsp3) is 0.120. The molecule has 4 aromatic rings. The predicted molar refractivity (Wildman–Crippen MR) is 134 cm³/mol.